The fraction of sp³-hybridized carbons (Fsp3) is 0.391. The van der Waals surface area contributed by atoms with Crippen LogP contribution >= 0.6 is 11.3 Å². The topological polar surface area (TPSA) is 91.4 Å². The van der Waals surface area contributed by atoms with Crippen LogP contribution in [0.1, 0.15) is 53.4 Å². The van der Waals surface area contributed by atoms with Crippen LogP contribution in [0, 0.1) is 0 Å². The Morgan fingerprint density at radius 1 is 1.23 bits per heavy atom. The fourth-order valence-corrected chi connectivity index (χ4v) is 4.42. The van der Waals surface area contributed by atoms with Crippen LogP contribution in [-0.4, -0.2) is 46.7 Å². The van der Waals surface area contributed by atoms with E-state index in [2.05, 4.69) is 22.2 Å². The molecule has 1 saturated carbocycles. The quantitative estimate of drug-likeness (QED) is 0.586. The van der Waals surface area contributed by atoms with Gasteiger partial charge in [-0.3, -0.25) is 19.4 Å². The average molecular weight is 441 g/mol. The molecule has 2 aromatic heterocycles. The number of hydrogen-bond acceptors (Lipinski definition) is 5. The molecule has 164 valence electrons. The number of nitrogens with zero attached hydrogens (tertiary/aromatic N) is 2. The van der Waals surface area contributed by atoms with Crippen molar-refractivity contribution in [2.24, 2.45) is 0 Å². The minimum Gasteiger partial charge on any atom is -0.351 e. The highest BCUT2D eigenvalue weighted by atomic mass is 32.1. The number of amides is 3. The molecule has 1 atom stereocenters. The summed E-state index contributed by atoms with van der Waals surface area (Å²) >= 11 is 1.30. The van der Waals surface area contributed by atoms with Crippen molar-refractivity contribution in [3.63, 3.8) is 0 Å². The summed E-state index contributed by atoms with van der Waals surface area (Å²) in [6.45, 7) is 3.70. The second-order valence-electron chi connectivity index (χ2n) is 7.53. The van der Waals surface area contributed by atoms with E-state index in [9.17, 15) is 14.4 Å². The monoisotopic (exact) mass is 440 g/mol. The minimum absolute atomic E-state index is 0.111. The number of hydrogen-bond donors (Lipinski definition) is 2. The van der Waals surface area contributed by atoms with Crippen molar-refractivity contribution in [1.82, 2.24) is 20.5 Å². The molecule has 3 rings (SSSR count). The molecule has 0 aliphatic heterocycles. The molecular weight excluding hydrogens is 412 g/mol. The zero-order chi connectivity index (χ0) is 22.1. The van der Waals surface area contributed by atoms with E-state index in [1.165, 1.54) is 22.7 Å². The number of nitrogens with one attached hydrogen (secondary N) is 2. The molecule has 8 heteroatoms. The summed E-state index contributed by atoms with van der Waals surface area (Å²) in [7, 11) is 0. The Hall–Kier alpha value is -3.00. The summed E-state index contributed by atoms with van der Waals surface area (Å²) in [5.41, 5.74) is 0.621. The van der Waals surface area contributed by atoms with Crippen molar-refractivity contribution in [1.29, 1.82) is 0 Å². The van der Waals surface area contributed by atoms with Crippen molar-refractivity contribution in [3.8, 4) is 0 Å². The number of aromatic nitrogens is 1. The van der Waals surface area contributed by atoms with Crippen molar-refractivity contribution < 1.29 is 14.4 Å². The van der Waals surface area contributed by atoms with Crippen LogP contribution in [0.3, 0.4) is 0 Å². The summed E-state index contributed by atoms with van der Waals surface area (Å²) < 4.78 is 0. The van der Waals surface area contributed by atoms with E-state index in [0.717, 1.165) is 25.7 Å². The van der Waals surface area contributed by atoms with Gasteiger partial charge in [-0.15, -0.1) is 17.9 Å². The van der Waals surface area contributed by atoms with Gasteiger partial charge in [-0.25, -0.2) is 0 Å². The standard InChI is InChI=1S/C23H28N4O3S/c1-2-13-27(20(28)16-25-22(29)19-11-7-14-31-19)21(17-8-6-12-24-15-17)23(30)26-18-9-4-3-5-10-18/h2,6-8,11-12,14-15,18,21H,1,3-5,9-10,13,16H2,(H,25,29)(H,26,30)/t21-/m0/s1. The second-order valence-corrected chi connectivity index (χ2v) is 8.47. The maximum absolute atomic E-state index is 13.3. The van der Waals surface area contributed by atoms with Gasteiger partial charge in [-0.1, -0.05) is 37.5 Å². The third-order valence-electron chi connectivity index (χ3n) is 5.30. The van der Waals surface area contributed by atoms with E-state index >= 15 is 0 Å². The molecular formula is C23H28N4O3S. The van der Waals surface area contributed by atoms with Crippen LogP contribution in [0.25, 0.3) is 0 Å². The first-order valence-electron chi connectivity index (χ1n) is 10.5. The lowest BCUT2D eigenvalue weighted by Gasteiger charge is -2.32. The molecule has 1 aliphatic rings. The van der Waals surface area contributed by atoms with Crippen molar-refractivity contribution in [2.45, 2.75) is 44.2 Å². The first-order chi connectivity index (χ1) is 15.1. The zero-order valence-corrected chi connectivity index (χ0v) is 18.3. The molecule has 2 heterocycles. The van der Waals surface area contributed by atoms with Crippen LogP contribution in [0.4, 0.5) is 0 Å². The van der Waals surface area contributed by atoms with Crippen LogP contribution in [-0.2, 0) is 9.59 Å². The molecule has 0 spiro atoms. The van der Waals surface area contributed by atoms with Crippen molar-refractivity contribution in [2.75, 3.05) is 13.1 Å². The van der Waals surface area contributed by atoms with Gasteiger partial charge in [-0.05, 0) is 30.4 Å². The fourth-order valence-electron chi connectivity index (χ4n) is 3.78. The summed E-state index contributed by atoms with van der Waals surface area (Å²) in [4.78, 5) is 44.7. The predicted molar refractivity (Wildman–Crippen MR) is 121 cm³/mol. The largest absolute Gasteiger partial charge is 0.351 e. The Kier molecular flexibility index (Phi) is 8.35. The Morgan fingerprint density at radius 3 is 2.68 bits per heavy atom. The number of carbonyl (C=O) groups is 3. The zero-order valence-electron chi connectivity index (χ0n) is 17.5. The Bertz CT molecular complexity index is 879. The van der Waals surface area contributed by atoms with Crippen LogP contribution in [0.5, 0.6) is 0 Å². The van der Waals surface area contributed by atoms with E-state index in [-0.39, 0.29) is 36.9 Å². The SMILES string of the molecule is C=CCN(C(=O)CNC(=O)c1cccs1)[C@H](C(=O)NC1CCCCC1)c1cccnc1. The van der Waals surface area contributed by atoms with E-state index in [1.807, 2.05) is 0 Å². The van der Waals surface area contributed by atoms with Gasteiger partial charge in [0.2, 0.25) is 11.8 Å². The van der Waals surface area contributed by atoms with Gasteiger partial charge in [-0.2, -0.15) is 0 Å². The molecule has 1 fully saturated rings. The Labute approximate surface area is 186 Å². The van der Waals surface area contributed by atoms with Crippen LogP contribution in [0.15, 0.2) is 54.7 Å². The van der Waals surface area contributed by atoms with Crippen LogP contribution in [0.2, 0.25) is 0 Å². The average Bonchev–Trinajstić information content (AvgIpc) is 3.33. The van der Waals surface area contributed by atoms with E-state index in [4.69, 9.17) is 0 Å². The lowest BCUT2D eigenvalue weighted by atomic mass is 9.95. The molecule has 7 nitrogen and oxygen atoms in total. The Balaban J connectivity index is 1.77. The Morgan fingerprint density at radius 2 is 2.03 bits per heavy atom. The molecule has 0 saturated heterocycles. The molecule has 0 radical (unpaired) electrons. The van der Waals surface area contributed by atoms with Gasteiger partial charge < -0.3 is 15.5 Å². The van der Waals surface area contributed by atoms with E-state index in [1.54, 1.807) is 48.1 Å². The van der Waals surface area contributed by atoms with Gasteiger partial charge >= 0.3 is 0 Å². The number of pyridine rings is 1. The normalized spacial score (nSPS) is 15.0. The molecule has 0 unspecified atom stereocenters. The van der Waals surface area contributed by atoms with Gasteiger partial charge in [0.1, 0.15) is 6.04 Å². The highest BCUT2D eigenvalue weighted by Crippen LogP contribution is 2.23. The molecule has 0 aromatic carbocycles. The molecule has 1 aliphatic carbocycles. The number of carbonyl (C=O) groups excluding carboxylic acids is 3. The van der Waals surface area contributed by atoms with Crippen molar-refractivity contribution >= 4 is 29.1 Å². The molecule has 2 N–H and O–H groups in total. The minimum atomic E-state index is -0.847. The maximum atomic E-state index is 13.3. The highest BCUT2D eigenvalue weighted by Gasteiger charge is 2.32. The summed E-state index contributed by atoms with van der Waals surface area (Å²) in [6.07, 6.45) is 10.0. The lowest BCUT2D eigenvalue weighted by Crippen LogP contribution is -2.49. The second kappa shape index (κ2) is 11.4. The van der Waals surface area contributed by atoms with E-state index < -0.39 is 6.04 Å². The predicted octanol–water partition coefficient (Wildman–Crippen LogP) is 3.08. The molecule has 31 heavy (non-hydrogen) atoms. The van der Waals surface area contributed by atoms with E-state index in [0.29, 0.717) is 10.4 Å². The van der Waals surface area contributed by atoms with Gasteiger partial charge in [0, 0.05) is 30.5 Å². The van der Waals surface area contributed by atoms with Gasteiger partial charge in [0.25, 0.3) is 5.91 Å². The number of thiophene rings is 1. The van der Waals surface area contributed by atoms with Gasteiger partial charge in [0.05, 0.1) is 11.4 Å². The molecule has 0 bridgehead atoms. The summed E-state index contributed by atoms with van der Waals surface area (Å²) in [5, 5.41) is 7.57. The maximum Gasteiger partial charge on any atom is 0.261 e. The highest BCUT2D eigenvalue weighted by molar-refractivity contribution is 7.12. The van der Waals surface area contributed by atoms with Crippen LogP contribution < -0.4 is 10.6 Å². The smallest absolute Gasteiger partial charge is 0.261 e. The summed E-state index contributed by atoms with van der Waals surface area (Å²) in [6, 6.07) is 6.26. The first kappa shape index (κ1) is 22.7. The van der Waals surface area contributed by atoms with Crippen molar-refractivity contribution in [3.05, 3.63) is 65.1 Å². The van der Waals surface area contributed by atoms with Gasteiger partial charge in [0.15, 0.2) is 0 Å². The number of rotatable bonds is 9. The molecule has 3 amide bonds. The molecule has 2 aromatic rings. The third-order valence-corrected chi connectivity index (χ3v) is 6.17. The summed E-state index contributed by atoms with van der Waals surface area (Å²) in [5.74, 6) is -0.913. The lowest BCUT2D eigenvalue weighted by molar-refractivity contribution is -0.139. The first-order valence-corrected chi connectivity index (χ1v) is 11.4. The third kappa shape index (κ3) is 6.24.